The Morgan fingerprint density at radius 3 is 2.00 bits per heavy atom. The Labute approximate surface area is 158 Å². The van der Waals surface area contributed by atoms with E-state index in [4.69, 9.17) is 5.73 Å². The molecule has 0 spiro atoms. The molecule has 0 radical (unpaired) electrons. The molecular formula is C21H37N3O2. The summed E-state index contributed by atoms with van der Waals surface area (Å²) in [5.74, 6) is 0.423. The largest absolute Gasteiger partial charge is 0.507 e. The van der Waals surface area contributed by atoms with Gasteiger partial charge in [0, 0.05) is 32.6 Å². The van der Waals surface area contributed by atoms with E-state index in [1.54, 1.807) is 0 Å². The van der Waals surface area contributed by atoms with Crippen molar-refractivity contribution < 1.29 is 9.90 Å². The molecule has 5 nitrogen and oxygen atoms in total. The molecule has 0 bridgehead atoms. The number of benzene rings is 1. The maximum Gasteiger partial charge on any atom is 0.220 e. The number of aromatic hydroxyl groups is 1. The topological polar surface area (TPSA) is 87.4 Å². The number of carbonyl (C=O) groups is 1. The molecule has 0 fully saturated rings. The number of nitrogens with one attached hydrogen (secondary N) is 2. The van der Waals surface area contributed by atoms with E-state index in [-0.39, 0.29) is 16.7 Å². The molecule has 1 aromatic rings. The second-order valence-corrected chi connectivity index (χ2v) is 8.93. The molecule has 0 atom stereocenters. The van der Waals surface area contributed by atoms with Crippen molar-refractivity contribution in [3.8, 4) is 5.75 Å². The number of aryl methyl sites for hydroxylation is 1. The van der Waals surface area contributed by atoms with E-state index in [9.17, 15) is 9.90 Å². The molecule has 0 heterocycles. The highest BCUT2D eigenvalue weighted by molar-refractivity contribution is 5.76. The van der Waals surface area contributed by atoms with Gasteiger partial charge >= 0.3 is 0 Å². The van der Waals surface area contributed by atoms with Crippen molar-refractivity contribution in [2.24, 2.45) is 5.73 Å². The van der Waals surface area contributed by atoms with Gasteiger partial charge in [0.15, 0.2) is 0 Å². The summed E-state index contributed by atoms with van der Waals surface area (Å²) >= 11 is 0. The van der Waals surface area contributed by atoms with Gasteiger partial charge < -0.3 is 21.5 Å². The summed E-state index contributed by atoms with van der Waals surface area (Å²) in [6, 6.07) is 4.08. The van der Waals surface area contributed by atoms with E-state index in [1.165, 1.54) is 0 Å². The van der Waals surface area contributed by atoms with Gasteiger partial charge in [-0.3, -0.25) is 4.79 Å². The molecule has 0 aliphatic carbocycles. The average molecular weight is 364 g/mol. The Kier molecular flexibility index (Phi) is 8.10. The van der Waals surface area contributed by atoms with Crippen LogP contribution in [-0.4, -0.2) is 37.2 Å². The first kappa shape index (κ1) is 22.5. The highest BCUT2D eigenvalue weighted by Gasteiger charge is 2.26. The van der Waals surface area contributed by atoms with E-state index in [1.807, 2.05) is 12.1 Å². The van der Waals surface area contributed by atoms with E-state index in [2.05, 4.69) is 52.2 Å². The third-order valence-corrected chi connectivity index (χ3v) is 4.37. The van der Waals surface area contributed by atoms with Gasteiger partial charge in [-0.05, 0) is 33.9 Å². The highest BCUT2D eigenvalue weighted by Crippen LogP contribution is 2.39. The lowest BCUT2D eigenvalue weighted by Gasteiger charge is -2.28. The molecule has 1 amide bonds. The average Bonchev–Trinajstić information content (AvgIpc) is 2.51. The van der Waals surface area contributed by atoms with Crippen LogP contribution >= 0.6 is 0 Å². The molecule has 0 aromatic heterocycles. The summed E-state index contributed by atoms with van der Waals surface area (Å²) in [5, 5.41) is 16.8. The minimum atomic E-state index is -0.156. The maximum atomic E-state index is 12.1. The highest BCUT2D eigenvalue weighted by atomic mass is 16.3. The molecular weight excluding hydrogens is 326 g/mol. The Balaban J connectivity index is 2.82. The first-order valence-corrected chi connectivity index (χ1v) is 9.51. The molecule has 0 saturated carbocycles. The van der Waals surface area contributed by atoms with Crippen molar-refractivity contribution >= 4 is 5.91 Å². The Morgan fingerprint density at radius 1 is 1.00 bits per heavy atom. The number of hydrogen-bond donors (Lipinski definition) is 4. The standard InChI is InChI=1S/C21H37N3O2/c1-20(2,3)16-13-15(14-17(19(16)26)21(4,5)6)7-8-18(25)24-12-11-23-10-9-22/h13-14,23,26H,7-12,22H2,1-6H3,(H,24,25). The Hall–Kier alpha value is -1.59. The van der Waals surface area contributed by atoms with E-state index >= 15 is 0 Å². The Morgan fingerprint density at radius 2 is 1.54 bits per heavy atom. The molecule has 5 N–H and O–H groups in total. The zero-order chi connectivity index (χ0) is 20.0. The van der Waals surface area contributed by atoms with Crippen molar-refractivity contribution in [1.82, 2.24) is 10.6 Å². The van der Waals surface area contributed by atoms with E-state index in [0.29, 0.717) is 31.7 Å². The van der Waals surface area contributed by atoms with Crippen LogP contribution in [0, 0.1) is 0 Å². The molecule has 26 heavy (non-hydrogen) atoms. The van der Waals surface area contributed by atoms with Crippen LogP contribution in [0.2, 0.25) is 0 Å². The fourth-order valence-electron chi connectivity index (χ4n) is 2.85. The van der Waals surface area contributed by atoms with Gasteiger partial charge in [-0.25, -0.2) is 0 Å². The maximum absolute atomic E-state index is 12.1. The normalized spacial score (nSPS) is 12.3. The molecule has 5 heteroatoms. The molecule has 148 valence electrons. The SMILES string of the molecule is CC(C)(C)c1cc(CCC(=O)NCCNCCN)cc(C(C)(C)C)c1O. The minimum Gasteiger partial charge on any atom is -0.507 e. The first-order chi connectivity index (χ1) is 12.0. The molecule has 0 saturated heterocycles. The summed E-state index contributed by atoms with van der Waals surface area (Å²) in [4.78, 5) is 12.1. The van der Waals surface area contributed by atoms with Crippen LogP contribution in [0.5, 0.6) is 5.75 Å². The summed E-state index contributed by atoms with van der Waals surface area (Å²) in [5.41, 5.74) is 8.06. The zero-order valence-corrected chi connectivity index (χ0v) is 17.3. The zero-order valence-electron chi connectivity index (χ0n) is 17.3. The predicted molar refractivity (Wildman–Crippen MR) is 109 cm³/mol. The quantitative estimate of drug-likeness (QED) is 0.535. The van der Waals surface area contributed by atoms with Gasteiger partial charge in [0.1, 0.15) is 5.75 Å². The third kappa shape index (κ3) is 6.96. The number of phenolic OH excluding ortho intramolecular Hbond substituents is 1. The lowest BCUT2D eigenvalue weighted by Crippen LogP contribution is -2.33. The second kappa shape index (κ2) is 9.38. The van der Waals surface area contributed by atoms with Crippen molar-refractivity contribution in [3.05, 3.63) is 28.8 Å². The number of rotatable bonds is 8. The van der Waals surface area contributed by atoms with Crippen LogP contribution in [-0.2, 0) is 22.0 Å². The molecule has 1 aromatic carbocycles. The van der Waals surface area contributed by atoms with Gasteiger partial charge in [0.25, 0.3) is 0 Å². The van der Waals surface area contributed by atoms with Crippen LogP contribution in [0.4, 0.5) is 0 Å². The summed E-state index contributed by atoms with van der Waals surface area (Å²) in [6.45, 7) is 15.3. The lowest BCUT2D eigenvalue weighted by atomic mass is 9.78. The summed E-state index contributed by atoms with van der Waals surface area (Å²) < 4.78 is 0. The Bertz CT molecular complexity index is 563. The predicted octanol–water partition coefficient (Wildman–Crippen LogP) is 2.58. The van der Waals surface area contributed by atoms with Crippen molar-refractivity contribution in [3.63, 3.8) is 0 Å². The molecule has 0 aliphatic rings. The fourth-order valence-corrected chi connectivity index (χ4v) is 2.85. The van der Waals surface area contributed by atoms with Crippen LogP contribution in [0.3, 0.4) is 0 Å². The van der Waals surface area contributed by atoms with Gasteiger partial charge in [-0.2, -0.15) is 0 Å². The van der Waals surface area contributed by atoms with Crippen molar-refractivity contribution in [2.75, 3.05) is 26.2 Å². The summed E-state index contributed by atoms with van der Waals surface area (Å²) in [6.07, 6.45) is 1.10. The number of nitrogens with two attached hydrogens (primary N) is 1. The van der Waals surface area contributed by atoms with E-state index < -0.39 is 0 Å². The van der Waals surface area contributed by atoms with Crippen LogP contribution in [0.15, 0.2) is 12.1 Å². The smallest absolute Gasteiger partial charge is 0.220 e. The first-order valence-electron chi connectivity index (χ1n) is 9.51. The van der Waals surface area contributed by atoms with Gasteiger partial charge in [-0.1, -0.05) is 53.7 Å². The lowest BCUT2D eigenvalue weighted by molar-refractivity contribution is -0.121. The van der Waals surface area contributed by atoms with Crippen molar-refractivity contribution in [1.29, 1.82) is 0 Å². The van der Waals surface area contributed by atoms with Crippen LogP contribution in [0.25, 0.3) is 0 Å². The second-order valence-electron chi connectivity index (χ2n) is 8.93. The van der Waals surface area contributed by atoms with Crippen molar-refractivity contribution in [2.45, 2.75) is 65.2 Å². The van der Waals surface area contributed by atoms with E-state index in [0.717, 1.165) is 29.8 Å². The monoisotopic (exact) mass is 363 g/mol. The minimum absolute atomic E-state index is 0.0437. The molecule has 0 aliphatic heterocycles. The number of carbonyl (C=O) groups excluding carboxylic acids is 1. The number of hydrogen-bond acceptors (Lipinski definition) is 4. The fraction of sp³-hybridized carbons (Fsp3) is 0.667. The van der Waals surface area contributed by atoms with Gasteiger partial charge in [-0.15, -0.1) is 0 Å². The number of amides is 1. The van der Waals surface area contributed by atoms with Gasteiger partial charge in [0.2, 0.25) is 5.91 Å². The molecule has 1 rings (SSSR count). The third-order valence-electron chi connectivity index (χ3n) is 4.37. The molecule has 0 unspecified atom stereocenters. The number of phenols is 1. The van der Waals surface area contributed by atoms with Gasteiger partial charge in [0.05, 0.1) is 0 Å². The van der Waals surface area contributed by atoms with Crippen LogP contribution in [0.1, 0.15) is 64.7 Å². The summed E-state index contributed by atoms with van der Waals surface area (Å²) in [7, 11) is 0. The van der Waals surface area contributed by atoms with Crippen LogP contribution < -0.4 is 16.4 Å².